The number of hydrogen-bond donors (Lipinski definition) is 2. The van der Waals surface area contributed by atoms with E-state index in [0.29, 0.717) is 12.8 Å². The predicted octanol–water partition coefficient (Wildman–Crippen LogP) is 5.28. The predicted molar refractivity (Wildman–Crippen MR) is 136 cm³/mol. The molecule has 174 valence electrons. The van der Waals surface area contributed by atoms with Crippen LogP contribution in [0.2, 0.25) is 0 Å². The molecule has 3 aromatic carbocycles. The summed E-state index contributed by atoms with van der Waals surface area (Å²) in [6, 6.07) is 23.3. The first-order valence-corrected chi connectivity index (χ1v) is 11.5. The Morgan fingerprint density at radius 2 is 1.56 bits per heavy atom. The Kier molecular flexibility index (Phi) is 7.12. The van der Waals surface area contributed by atoms with Crippen LogP contribution in [0.5, 0.6) is 0 Å². The molecule has 2 N–H and O–H groups in total. The second kappa shape index (κ2) is 10.4. The number of hydrogen-bond acceptors (Lipinski definition) is 3. The molecular weight excluding hydrogens is 424 g/mol. The summed E-state index contributed by atoms with van der Waals surface area (Å²) >= 11 is 0. The molecule has 4 rings (SSSR count). The zero-order chi connectivity index (χ0) is 24.1. The maximum absolute atomic E-state index is 13.0. The van der Waals surface area contributed by atoms with Gasteiger partial charge in [0.25, 0.3) is 0 Å². The van der Waals surface area contributed by atoms with Gasteiger partial charge in [-0.3, -0.25) is 4.79 Å². The van der Waals surface area contributed by atoms with Gasteiger partial charge in [0.15, 0.2) is 0 Å². The molecule has 0 bridgehead atoms. The Bertz CT molecular complexity index is 1290. The van der Waals surface area contributed by atoms with E-state index >= 15 is 0 Å². The summed E-state index contributed by atoms with van der Waals surface area (Å²) in [6.07, 6.45) is 1.21. The summed E-state index contributed by atoms with van der Waals surface area (Å²) in [7, 11) is 1.34. The van der Waals surface area contributed by atoms with Gasteiger partial charge in [-0.1, -0.05) is 72.8 Å². The van der Waals surface area contributed by atoms with E-state index in [0.717, 1.165) is 27.9 Å². The molecule has 0 aliphatic carbocycles. The van der Waals surface area contributed by atoms with E-state index in [4.69, 9.17) is 4.74 Å². The molecule has 0 aliphatic heterocycles. The van der Waals surface area contributed by atoms with Crippen LogP contribution in [0.25, 0.3) is 22.2 Å². The van der Waals surface area contributed by atoms with Crippen molar-refractivity contribution in [2.75, 3.05) is 7.11 Å². The molecule has 1 atom stereocenters. The average molecular weight is 455 g/mol. The van der Waals surface area contributed by atoms with Crippen LogP contribution in [-0.4, -0.2) is 30.0 Å². The molecule has 0 fully saturated rings. The topological polar surface area (TPSA) is 71.2 Å². The number of aryl methyl sites for hydroxylation is 3. The van der Waals surface area contributed by atoms with Crippen LogP contribution < -0.4 is 5.32 Å². The van der Waals surface area contributed by atoms with Crippen LogP contribution in [0.3, 0.4) is 0 Å². The minimum absolute atomic E-state index is 0.176. The van der Waals surface area contributed by atoms with E-state index < -0.39 is 12.0 Å². The molecule has 0 aliphatic rings. The number of H-pyrrole nitrogens is 1. The molecule has 1 unspecified atom stereocenters. The molecule has 1 amide bonds. The molecule has 34 heavy (non-hydrogen) atoms. The smallest absolute Gasteiger partial charge is 0.328 e. The second-order valence-corrected chi connectivity index (χ2v) is 8.63. The van der Waals surface area contributed by atoms with Crippen molar-refractivity contribution >= 4 is 22.8 Å². The SMILES string of the molecule is COC(=O)C(Cc1ccccc1)NC(=O)CCc1c(-c2ccccc2)[nH]c2c(C)ccc(C)c12. The number of amides is 1. The van der Waals surface area contributed by atoms with Crippen molar-refractivity contribution < 1.29 is 14.3 Å². The summed E-state index contributed by atoms with van der Waals surface area (Å²) < 4.78 is 4.94. The summed E-state index contributed by atoms with van der Waals surface area (Å²) in [4.78, 5) is 28.9. The third-order valence-electron chi connectivity index (χ3n) is 6.24. The fourth-order valence-electron chi connectivity index (χ4n) is 4.48. The Hall–Kier alpha value is -3.86. The number of ether oxygens (including phenoxy) is 1. The Labute approximate surface area is 200 Å². The van der Waals surface area contributed by atoms with Gasteiger partial charge in [0, 0.05) is 29.4 Å². The van der Waals surface area contributed by atoms with Gasteiger partial charge in [0.2, 0.25) is 5.91 Å². The number of rotatable bonds is 8. The lowest BCUT2D eigenvalue weighted by molar-refractivity contribution is -0.145. The Balaban J connectivity index is 1.58. The minimum atomic E-state index is -0.722. The number of aromatic nitrogens is 1. The van der Waals surface area contributed by atoms with Crippen molar-refractivity contribution in [2.24, 2.45) is 0 Å². The van der Waals surface area contributed by atoms with E-state index in [-0.39, 0.29) is 12.3 Å². The molecule has 0 saturated heterocycles. The highest BCUT2D eigenvalue weighted by molar-refractivity contribution is 5.95. The third-order valence-corrected chi connectivity index (χ3v) is 6.24. The number of methoxy groups -OCH3 is 1. The molecule has 1 heterocycles. The highest BCUT2D eigenvalue weighted by Crippen LogP contribution is 2.34. The van der Waals surface area contributed by atoms with Crippen molar-refractivity contribution in [3.05, 3.63) is 95.1 Å². The largest absolute Gasteiger partial charge is 0.467 e. The summed E-state index contributed by atoms with van der Waals surface area (Å²) in [5.41, 5.74) is 7.65. The van der Waals surface area contributed by atoms with Crippen LogP contribution in [0.4, 0.5) is 0 Å². The van der Waals surface area contributed by atoms with E-state index in [1.807, 2.05) is 48.5 Å². The van der Waals surface area contributed by atoms with Crippen LogP contribution >= 0.6 is 0 Å². The number of carbonyl (C=O) groups excluding carboxylic acids is 2. The number of carbonyl (C=O) groups is 2. The molecule has 5 nitrogen and oxygen atoms in total. The van der Waals surface area contributed by atoms with Crippen molar-refractivity contribution in [1.29, 1.82) is 0 Å². The summed E-state index contributed by atoms with van der Waals surface area (Å²) in [6.45, 7) is 4.19. The van der Waals surface area contributed by atoms with Gasteiger partial charge < -0.3 is 15.0 Å². The molecule has 0 radical (unpaired) electrons. The maximum Gasteiger partial charge on any atom is 0.328 e. The van der Waals surface area contributed by atoms with Crippen LogP contribution in [-0.2, 0) is 27.2 Å². The monoisotopic (exact) mass is 454 g/mol. The lowest BCUT2D eigenvalue weighted by Gasteiger charge is -2.17. The molecule has 0 saturated carbocycles. The van der Waals surface area contributed by atoms with E-state index in [1.165, 1.54) is 23.6 Å². The number of benzene rings is 3. The lowest BCUT2D eigenvalue weighted by atomic mass is 9.97. The van der Waals surface area contributed by atoms with Gasteiger partial charge in [-0.15, -0.1) is 0 Å². The lowest BCUT2D eigenvalue weighted by Crippen LogP contribution is -2.43. The fraction of sp³-hybridized carbons (Fsp3) is 0.241. The maximum atomic E-state index is 13.0. The standard InChI is InChI=1S/C29H30N2O3/c1-19-14-15-20(2)27-26(19)23(28(31-27)22-12-8-5-9-13-22)16-17-25(32)30-24(29(33)34-3)18-21-10-6-4-7-11-21/h4-15,24,31H,16-18H2,1-3H3,(H,30,32). The first kappa shape index (κ1) is 23.3. The normalized spacial score (nSPS) is 11.9. The summed E-state index contributed by atoms with van der Waals surface area (Å²) in [5.74, 6) is -0.620. The second-order valence-electron chi connectivity index (χ2n) is 8.63. The van der Waals surface area contributed by atoms with Crippen LogP contribution in [0.1, 0.15) is 28.7 Å². The van der Waals surface area contributed by atoms with Gasteiger partial charge in [0.05, 0.1) is 7.11 Å². The highest BCUT2D eigenvalue weighted by Gasteiger charge is 2.23. The number of fused-ring (bicyclic) bond motifs is 1. The molecule has 5 heteroatoms. The minimum Gasteiger partial charge on any atom is -0.467 e. The van der Waals surface area contributed by atoms with Gasteiger partial charge in [-0.2, -0.15) is 0 Å². The van der Waals surface area contributed by atoms with Gasteiger partial charge in [-0.25, -0.2) is 4.79 Å². The quantitative estimate of drug-likeness (QED) is 0.356. The van der Waals surface area contributed by atoms with Crippen LogP contribution in [0, 0.1) is 13.8 Å². The fourth-order valence-corrected chi connectivity index (χ4v) is 4.48. The molecular formula is C29H30N2O3. The first-order valence-electron chi connectivity index (χ1n) is 11.5. The zero-order valence-electron chi connectivity index (χ0n) is 19.9. The Morgan fingerprint density at radius 1 is 0.912 bits per heavy atom. The molecule has 1 aromatic heterocycles. The van der Waals surface area contributed by atoms with Crippen molar-refractivity contribution in [2.45, 2.75) is 39.2 Å². The van der Waals surface area contributed by atoms with Crippen molar-refractivity contribution in [1.82, 2.24) is 10.3 Å². The van der Waals surface area contributed by atoms with Gasteiger partial charge in [-0.05, 0) is 48.1 Å². The van der Waals surface area contributed by atoms with E-state index in [1.54, 1.807) is 0 Å². The number of aromatic amines is 1. The first-order chi connectivity index (χ1) is 16.5. The summed E-state index contributed by atoms with van der Waals surface area (Å²) in [5, 5.41) is 4.06. The van der Waals surface area contributed by atoms with Crippen molar-refractivity contribution in [3.8, 4) is 11.3 Å². The molecule has 0 spiro atoms. The number of esters is 1. The van der Waals surface area contributed by atoms with Crippen molar-refractivity contribution in [3.63, 3.8) is 0 Å². The van der Waals surface area contributed by atoms with E-state index in [9.17, 15) is 9.59 Å². The van der Waals surface area contributed by atoms with Crippen LogP contribution in [0.15, 0.2) is 72.8 Å². The van der Waals surface area contributed by atoms with E-state index in [2.05, 4.69) is 48.4 Å². The molecule has 4 aromatic rings. The highest BCUT2D eigenvalue weighted by atomic mass is 16.5. The number of nitrogens with one attached hydrogen (secondary N) is 2. The zero-order valence-corrected chi connectivity index (χ0v) is 19.9. The third kappa shape index (κ3) is 5.04. The average Bonchev–Trinajstić information content (AvgIpc) is 3.26. The Morgan fingerprint density at radius 3 is 2.24 bits per heavy atom. The van der Waals surface area contributed by atoms with Gasteiger partial charge in [0.1, 0.15) is 6.04 Å². The van der Waals surface area contributed by atoms with Gasteiger partial charge >= 0.3 is 5.97 Å².